The summed E-state index contributed by atoms with van der Waals surface area (Å²) in [4.78, 5) is 11.3. The minimum absolute atomic E-state index is 0.328. The smallest absolute Gasteiger partial charge is 0.192 e. The van der Waals surface area contributed by atoms with Gasteiger partial charge in [0.2, 0.25) is 0 Å². The molecule has 0 unspecified atom stereocenters. The fraction of sp³-hybridized carbons (Fsp3) is 0.300. The van der Waals surface area contributed by atoms with Gasteiger partial charge in [-0.3, -0.25) is 4.79 Å². The number of ketones is 1. The number of hydrogen-bond acceptors (Lipinski definition) is 4. The van der Waals surface area contributed by atoms with Crippen LogP contribution >= 0.6 is 0 Å². The van der Waals surface area contributed by atoms with Gasteiger partial charge in [-0.25, -0.2) is 0 Å². The molecule has 0 fully saturated rings. The molecule has 76 valence electrons. The second-order valence-electron chi connectivity index (χ2n) is 2.65. The molecule has 1 N–H and O–H groups in total. The van der Waals surface area contributed by atoms with Gasteiger partial charge in [-0.05, 0) is 18.2 Å². The molecule has 1 aromatic rings. The molecule has 0 heterocycles. The van der Waals surface area contributed by atoms with E-state index in [1.807, 2.05) is 0 Å². The minimum atomic E-state index is -0.538. The zero-order valence-electron chi connectivity index (χ0n) is 8.11. The number of Topliss-reactive ketones (excluding diaryl/α,β-unsaturated/α-hetero) is 1. The lowest BCUT2D eigenvalue weighted by atomic mass is 10.1. The first-order chi connectivity index (χ1) is 6.72. The van der Waals surface area contributed by atoms with Gasteiger partial charge in [0.25, 0.3) is 0 Å². The summed E-state index contributed by atoms with van der Waals surface area (Å²) in [6.07, 6.45) is 0. The van der Waals surface area contributed by atoms with Crippen molar-refractivity contribution in [3.8, 4) is 11.5 Å². The fourth-order valence-electron chi connectivity index (χ4n) is 1.12. The van der Waals surface area contributed by atoms with E-state index < -0.39 is 6.61 Å². The van der Waals surface area contributed by atoms with E-state index in [0.29, 0.717) is 17.1 Å². The van der Waals surface area contributed by atoms with Gasteiger partial charge in [0.1, 0.15) is 18.1 Å². The first-order valence-corrected chi connectivity index (χ1v) is 4.09. The van der Waals surface area contributed by atoms with Crippen LogP contribution in [0.2, 0.25) is 0 Å². The molecule has 0 saturated heterocycles. The molecular weight excluding hydrogens is 184 g/mol. The number of aliphatic hydroxyl groups is 1. The van der Waals surface area contributed by atoms with E-state index in [4.69, 9.17) is 14.6 Å². The Hall–Kier alpha value is -1.55. The number of aliphatic hydroxyl groups excluding tert-OH is 1. The first-order valence-electron chi connectivity index (χ1n) is 4.09. The van der Waals surface area contributed by atoms with E-state index in [1.54, 1.807) is 12.1 Å². The molecule has 4 heteroatoms. The maximum absolute atomic E-state index is 11.3. The molecular formula is C10H12O4. The lowest BCUT2D eigenvalue weighted by molar-refractivity contribution is 0.0900. The van der Waals surface area contributed by atoms with Gasteiger partial charge >= 0.3 is 0 Å². The van der Waals surface area contributed by atoms with Crippen LogP contribution < -0.4 is 9.47 Å². The first kappa shape index (κ1) is 10.5. The number of benzene rings is 1. The quantitative estimate of drug-likeness (QED) is 0.726. The Morgan fingerprint density at radius 1 is 1.36 bits per heavy atom. The number of hydrogen-bond donors (Lipinski definition) is 1. The number of carbonyl (C=O) groups is 1. The molecule has 0 atom stereocenters. The molecule has 4 nitrogen and oxygen atoms in total. The highest BCUT2D eigenvalue weighted by molar-refractivity contribution is 5.99. The SMILES string of the molecule is COc1ccc(OC)c(C(=O)CO)c1. The molecule has 0 aliphatic rings. The monoisotopic (exact) mass is 196 g/mol. The van der Waals surface area contributed by atoms with Gasteiger partial charge in [0.05, 0.1) is 19.8 Å². The van der Waals surface area contributed by atoms with Crippen LogP contribution in [0.3, 0.4) is 0 Å². The Morgan fingerprint density at radius 3 is 2.57 bits per heavy atom. The third kappa shape index (κ3) is 2.03. The van der Waals surface area contributed by atoms with Gasteiger partial charge in [-0.1, -0.05) is 0 Å². The maximum atomic E-state index is 11.3. The van der Waals surface area contributed by atoms with Crippen molar-refractivity contribution >= 4 is 5.78 Å². The van der Waals surface area contributed by atoms with Crippen LogP contribution in [0.1, 0.15) is 10.4 Å². The third-order valence-corrected chi connectivity index (χ3v) is 1.85. The Labute approximate surface area is 82.1 Å². The summed E-state index contributed by atoms with van der Waals surface area (Å²) in [5.74, 6) is 0.605. The van der Waals surface area contributed by atoms with Crippen molar-refractivity contribution in [2.75, 3.05) is 20.8 Å². The molecule has 0 saturated carbocycles. The van der Waals surface area contributed by atoms with E-state index in [1.165, 1.54) is 20.3 Å². The molecule has 1 aromatic carbocycles. The van der Waals surface area contributed by atoms with Crippen LogP contribution in [0.4, 0.5) is 0 Å². The summed E-state index contributed by atoms with van der Waals surface area (Å²) in [6, 6.07) is 4.85. The van der Waals surface area contributed by atoms with Crippen molar-refractivity contribution in [1.29, 1.82) is 0 Å². The predicted octanol–water partition coefficient (Wildman–Crippen LogP) is 0.879. The summed E-state index contributed by atoms with van der Waals surface area (Å²) in [6.45, 7) is -0.538. The topological polar surface area (TPSA) is 55.8 Å². The lowest BCUT2D eigenvalue weighted by Gasteiger charge is -2.08. The van der Waals surface area contributed by atoms with Gasteiger partial charge in [0, 0.05) is 0 Å². The molecule has 0 amide bonds. The zero-order chi connectivity index (χ0) is 10.6. The van der Waals surface area contributed by atoms with Crippen molar-refractivity contribution in [2.45, 2.75) is 0 Å². The van der Waals surface area contributed by atoms with E-state index >= 15 is 0 Å². The standard InChI is InChI=1S/C10H12O4/c1-13-7-3-4-10(14-2)8(5-7)9(12)6-11/h3-5,11H,6H2,1-2H3. The van der Waals surface area contributed by atoms with E-state index in [-0.39, 0.29) is 5.78 Å². The maximum Gasteiger partial charge on any atom is 0.192 e. The molecule has 14 heavy (non-hydrogen) atoms. The minimum Gasteiger partial charge on any atom is -0.497 e. The summed E-state index contributed by atoms with van der Waals surface area (Å²) < 4.78 is 9.94. The Bertz CT molecular complexity index is 333. The number of carbonyl (C=O) groups excluding carboxylic acids is 1. The summed E-state index contributed by atoms with van der Waals surface area (Å²) in [7, 11) is 2.98. The van der Waals surface area contributed by atoms with E-state index in [9.17, 15) is 4.79 Å². The number of ether oxygens (including phenoxy) is 2. The predicted molar refractivity (Wildman–Crippen MR) is 51.0 cm³/mol. The molecule has 0 radical (unpaired) electrons. The van der Waals surface area contributed by atoms with Crippen molar-refractivity contribution in [2.24, 2.45) is 0 Å². The van der Waals surface area contributed by atoms with Crippen molar-refractivity contribution in [1.82, 2.24) is 0 Å². The van der Waals surface area contributed by atoms with E-state index in [0.717, 1.165) is 0 Å². The molecule has 0 spiro atoms. The van der Waals surface area contributed by atoms with Crippen molar-refractivity contribution < 1.29 is 19.4 Å². The average molecular weight is 196 g/mol. The molecule has 0 aliphatic carbocycles. The highest BCUT2D eigenvalue weighted by Gasteiger charge is 2.11. The largest absolute Gasteiger partial charge is 0.497 e. The van der Waals surface area contributed by atoms with Crippen LogP contribution in [-0.4, -0.2) is 31.7 Å². The second kappa shape index (κ2) is 4.62. The van der Waals surface area contributed by atoms with Crippen LogP contribution in [0.15, 0.2) is 18.2 Å². The third-order valence-electron chi connectivity index (χ3n) is 1.85. The fourth-order valence-corrected chi connectivity index (χ4v) is 1.12. The highest BCUT2D eigenvalue weighted by Crippen LogP contribution is 2.23. The van der Waals surface area contributed by atoms with Crippen LogP contribution in [-0.2, 0) is 0 Å². The zero-order valence-corrected chi connectivity index (χ0v) is 8.11. The number of methoxy groups -OCH3 is 2. The van der Waals surface area contributed by atoms with E-state index in [2.05, 4.69) is 0 Å². The molecule has 1 rings (SSSR count). The molecule has 0 bridgehead atoms. The molecule has 0 aliphatic heterocycles. The lowest BCUT2D eigenvalue weighted by Crippen LogP contribution is -2.06. The second-order valence-corrected chi connectivity index (χ2v) is 2.65. The molecule has 0 aromatic heterocycles. The summed E-state index contributed by atoms with van der Waals surface area (Å²) in [5.41, 5.74) is 0.328. The highest BCUT2D eigenvalue weighted by atomic mass is 16.5. The van der Waals surface area contributed by atoms with Gasteiger partial charge < -0.3 is 14.6 Å². The average Bonchev–Trinajstić information content (AvgIpc) is 2.27. The Morgan fingerprint density at radius 2 is 2.07 bits per heavy atom. The van der Waals surface area contributed by atoms with Crippen LogP contribution in [0.5, 0.6) is 11.5 Å². The number of rotatable bonds is 4. The van der Waals surface area contributed by atoms with Crippen LogP contribution in [0, 0.1) is 0 Å². The van der Waals surface area contributed by atoms with Gasteiger partial charge in [0.15, 0.2) is 5.78 Å². The van der Waals surface area contributed by atoms with Crippen molar-refractivity contribution in [3.63, 3.8) is 0 Å². The summed E-state index contributed by atoms with van der Waals surface area (Å²) in [5, 5.41) is 8.73. The van der Waals surface area contributed by atoms with Crippen LogP contribution in [0.25, 0.3) is 0 Å². The Kier molecular flexibility index (Phi) is 3.48. The normalized spacial score (nSPS) is 9.64. The van der Waals surface area contributed by atoms with Gasteiger partial charge in [-0.2, -0.15) is 0 Å². The van der Waals surface area contributed by atoms with Gasteiger partial charge in [-0.15, -0.1) is 0 Å². The summed E-state index contributed by atoms with van der Waals surface area (Å²) >= 11 is 0. The van der Waals surface area contributed by atoms with Crippen molar-refractivity contribution in [3.05, 3.63) is 23.8 Å². The Balaban J connectivity index is 3.14.